The fourth-order valence-electron chi connectivity index (χ4n) is 3.80. The topological polar surface area (TPSA) is 75.4 Å². The van der Waals surface area contributed by atoms with E-state index >= 15 is 0 Å². The number of likely N-dealkylation sites (tertiary alicyclic amines) is 1. The Morgan fingerprint density at radius 1 is 1.08 bits per heavy atom. The predicted octanol–water partition coefficient (Wildman–Crippen LogP) is 1.92. The van der Waals surface area contributed by atoms with E-state index in [-0.39, 0.29) is 23.9 Å². The Balaban J connectivity index is 1.44. The van der Waals surface area contributed by atoms with Gasteiger partial charge in [0, 0.05) is 37.2 Å². The molecule has 0 spiro atoms. The van der Waals surface area contributed by atoms with Crippen LogP contribution in [0.2, 0.25) is 0 Å². The van der Waals surface area contributed by atoms with Crippen molar-refractivity contribution in [2.45, 2.75) is 50.6 Å². The van der Waals surface area contributed by atoms with Crippen molar-refractivity contribution in [3.63, 3.8) is 0 Å². The zero-order valence-corrected chi connectivity index (χ0v) is 14.1. The van der Waals surface area contributed by atoms with E-state index < -0.39 is 0 Å². The average molecular weight is 329 g/mol. The van der Waals surface area contributed by atoms with E-state index in [1.54, 1.807) is 0 Å². The third-order valence-electron chi connectivity index (χ3n) is 5.37. The maximum absolute atomic E-state index is 12.4. The molecule has 1 heterocycles. The Labute approximate surface area is 143 Å². The van der Waals surface area contributed by atoms with Gasteiger partial charge in [-0.3, -0.25) is 9.59 Å². The first-order valence-electron chi connectivity index (χ1n) is 9.03. The molecule has 1 saturated heterocycles. The first kappa shape index (κ1) is 17.0. The summed E-state index contributed by atoms with van der Waals surface area (Å²) in [6, 6.07) is 9.61. The minimum absolute atomic E-state index is 0.0303. The fraction of sp³-hybridized carbons (Fsp3) is 0.579. The van der Waals surface area contributed by atoms with Crippen molar-refractivity contribution in [3.8, 4) is 0 Å². The van der Waals surface area contributed by atoms with Crippen LogP contribution >= 0.6 is 0 Å². The van der Waals surface area contributed by atoms with Crippen LogP contribution in [0.1, 0.15) is 48.9 Å². The molecule has 0 unspecified atom stereocenters. The molecule has 3 N–H and O–H groups in total. The lowest BCUT2D eigenvalue weighted by Gasteiger charge is -2.33. The molecule has 5 heteroatoms. The van der Waals surface area contributed by atoms with E-state index in [0.717, 1.165) is 45.2 Å². The number of amides is 2. The molecule has 0 aromatic heterocycles. The van der Waals surface area contributed by atoms with Gasteiger partial charge in [0.15, 0.2) is 0 Å². The zero-order chi connectivity index (χ0) is 16.9. The number of rotatable bonds is 4. The van der Waals surface area contributed by atoms with Crippen LogP contribution in [0.4, 0.5) is 0 Å². The summed E-state index contributed by atoms with van der Waals surface area (Å²) in [5, 5.41) is 3.08. The monoisotopic (exact) mass is 329 g/mol. The molecule has 2 amide bonds. The highest BCUT2D eigenvalue weighted by Gasteiger charge is 2.30. The second-order valence-corrected chi connectivity index (χ2v) is 7.05. The van der Waals surface area contributed by atoms with Crippen molar-refractivity contribution in [1.82, 2.24) is 10.2 Å². The lowest BCUT2D eigenvalue weighted by atomic mass is 9.98. The lowest BCUT2D eigenvalue weighted by Crippen LogP contribution is -2.47. The van der Waals surface area contributed by atoms with Gasteiger partial charge in [-0.1, -0.05) is 24.6 Å². The molecule has 1 aromatic rings. The number of benzene rings is 1. The number of nitrogens with two attached hydrogens (primary N) is 1. The van der Waals surface area contributed by atoms with Crippen LogP contribution in [0.3, 0.4) is 0 Å². The highest BCUT2D eigenvalue weighted by Crippen LogP contribution is 2.27. The molecule has 130 valence electrons. The van der Waals surface area contributed by atoms with Crippen LogP contribution in [-0.4, -0.2) is 41.9 Å². The van der Waals surface area contributed by atoms with Crippen LogP contribution < -0.4 is 11.1 Å². The van der Waals surface area contributed by atoms with E-state index in [1.165, 1.54) is 0 Å². The maximum Gasteiger partial charge on any atom is 0.251 e. The maximum atomic E-state index is 12.4. The number of nitrogens with one attached hydrogen (secondary N) is 1. The molecule has 1 aliphatic carbocycles. The van der Waals surface area contributed by atoms with Gasteiger partial charge >= 0.3 is 0 Å². The SMILES string of the molecule is N[C@@H]1CCC[C@H]1CC(=O)N1CCC(NC(=O)c2ccccc2)CC1. The van der Waals surface area contributed by atoms with Crippen LogP contribution in [0.25, 0.3) is 0 Å². The van der Waals surface area contributed by atoms with E-state index in [2.05, 4.69) is 5.32 Å². The molecule has 24 heavy (non-hydrogen) atoms. The molecule has 5 nitrogen and oxygen atoms in total. The number of hydrogen-bond acceptors (Lipinski definition) is 3. The molecular formula is C19H27N3O2. The summed E-state index contributed by atoms with van der Waals surface area (Å²) in [5.74, 6) is 0.551. The van der Waals surface area contributed by atoms with Crippen molar-refractivity contribution in [1.29, 1.82) is 0 Å². The summed E-state index contributed by atoms with van der Waals surface area (Å²) in [6.07, 6.45) is 5.50. The standard InChI is InChI=1S/C19H27N3O2/c20-17-8-4-7-15(17)13-18(23)22-11-9-16(10-12-22)21-19(24)14-5-2-1-3-6-14/h1-3,5-6,15-17H,4,7-13,20H2,(H,21,24)/t15-,17+/m0/s1. The second-order valence-electron chi connectivity index (χ2n) is 7.05. The van der Waals surface area contributed by atoms with Gasteiger partial charge in [-0.05, 0) is 43.7 Å². The fourth-order valence-corrected chi connectivity index (χ4v) is 3.80. The van der Waals surface area contributed by atoms with Crippen molar-refractivity contribution in [2.75, 3.05) is 13.1 Å². The van der Waals surface area contributed by atoms with Crippen molar-refractivity contribution >= 4 is 11.8 Å². The quantitative estimate of drug-likeness (QED) is 0.886. The average Bonchev–Trinajstić information content (AvgIpc) is 3.01. The molecule has 3 rings (SSSR count). The highest BCUT2D eigenvalue weighted by molar-refractivity contribution is 5.94. The van der Waals surface area contributed by atoms with Crippen molar-refractivity contribution in [3.05, 3.63) is 35.9 Å². The van der Waals surface area contributed by atoms with Gasteiger partial charge in [0.2, 0.25) is 5.91 Å². The summed E-state index contributed by atoms with van der Waals surface area (Å²) < 4.78 is 0. The van der Waals surface area contributed by atoms with Crippen molar-refractivity contribution in [2.24, 2.45) is 11.7 Å². The Morgan fingerprint density at radius 3 is 2.42 bits per heavy atom. The predicted molar refractivity (Wildman–Crippen MR) is 93.4 cm³/mol. The zero-order valence-electron chi connectivity index (χ0n) is 14.1. The van der Waals surface area contributed by atoms with Crippen LogP contribution in [0.5, 0.6) is 0 Å². The number of hydrogen-bond donors (Lipinski definition) is 2. The third-order valence-corrected chi connectivity index (χ3v) is 5.37. The second kappa shape index (κ2) is 7.79. The van der Waals surface area contributed by atoms with Gasteiger partial charge in [0.05, 0.1) is 0 Å². The molecule has 2 aliphatic rings. The normalized spacial score (nSPS) is 24.8. The molecule has 2 fully saturated rings. The Hall–Kier alpha value is -1.88. The van der Waals surface area contributed by atoms with E-state index in [0.29, 0.717) is 17.9 Å². The number of carbonyl (C=O) groups excluding carboxylic acids is 2. The van der Waals surface area contributed by atoms with Gasteiger partial charge in [-0.2, -0.15) is 0 Å². The summed E-state index contributed by atoms with van der Waals surface area (Å²) >= 11 is 0. The third kappa shape index (κ3) is 4.15. The Kier molecular flexibility index (Phi) is 5.51. The van der Waals surface area contributed by atoms with Crippen molar-refractivity contribution < 1.29 is 9.59 Å². The lowest BCUT2D eigenvalue weighted by molar-refractivity contribution is -0.133. The molecule has 1 saturated carbocycles. The summed E-state index contributed by atoms with van der Waals surface area (Å²) in [5.41, 5.74) is 6.76. The number of carbonyl (C=O) groups is 2. The molecular weight excluding hydrogens is 302 g/mol. The number of nitrogens with zero attached hydrogens (tertiary/aromatic N) is 1. The summed E-state index contributed by atoms with van der Waals surface area (Å²) in [7, 11) is 0. The first-order valence-corrected chi connectivity index (χ1v) is 9.03. The Morgan fingerprint density at radius 2 is 1.79 bits per heavy atom. The molecule has 2 atom stereocenters. The molecule has 0 bridgehead atoms. The van der Waals surface area contributed by atoms with Gasteiger partial charge in [0.1, 0.15) is 0 Å². The van der Waals surface area contributed by atoms with Crippen LogP contribution in [-0.2, 0) is 4.79 Å². The molecule has 1 aliphatic heterocycles. The molecule has 1 aromatic carbocycles. The summed E-state index contributed by atoms with van der Waals surface area (Å²) in [4.78, 5) is 26.6. The van der Waals surface area contributed by atoms with Gasteiger partial charge in [-0.15, -0.1) is 0 Å². The minimum atomic E-state index is -0.0303. The van der Waals surface area contributed by atoms with E-state index in [1.807, 2.05) is 35.2 Å². The highest BCUT2D eigenvalue weighted by atomic mass is 16.2. The largest absolute Gasteiger partial charge is 0.349 e. The first-order chi connectivity index (χ1) is 11.6. The van der Waals surface area contributed by atoms with Crippen LogP contribution in [0, 0.1) is 5.92 Å². The molecule has 0 radical (unpaired) electrons. The van der Waals surface area contributed by atoms with Crippen LogP contribution in [0.15, 0.2) is 30.3 Å². The van der Waals surface area contributed by atoms with Gasteiger partial charge in [-0.25, -0.2) is 0 Å². The van der Waals surface area contributed by atoms with E-state index in [4.69, 9.17) is 5.73 Å². The number of piperidine rings is 1. The van der Waals surface area contributed by atoms with Gasteiger partial charge in [0.25, 0.3) is 5.91 Å². The Bertz CT molecular complexity index is 567. The smallest absolute Gasteiger partial charge is 0.251 e. The van der Waals surface area contributed by atoms with E-state index in [9.17, 15) is 9.59 Å². The van der Waals surface area contributed by atoms with Gasteiger partial charge < -0.3 is 16.0 Å². The minimum Gasteiger partial charge on any atom is -0.349 e. The summed E-state index contributed by atoms with van der Waals surface area (Å²) in [6.45, 7) is 1.45.